The standard InChI is InChI=1S/C18H22N2O/c1-12-8-13(2)17(14(3)9-12)11-20-16-6-4-15(5-7-16)10-18(19)21/h4-9,20H,10-11H2,1-3H3,(H2,19,21). The van der Waals surface area contributed by atoms with E-state index in [1.54, 1.807) is 0 Å². The second-order valence-corrected chi connectivity index (χ2v) is 5.57. The molecule has 0 atom stereocenters. The Morgan fingerprint density at radius 2 is 1.62 bits per heavy atom. The molecule has 1 amide bonds. The van der Waals surface area contributed by atoms with Crippen LogP contribution >= 0.6 is 0 Å². The molecule has 0 fully saturated rings. The van der Waals surface area contributed by atoms with Crippen LogP contribution in [0.3, 0.4) is 0 Å². The van der Waals surface area contributed by atoms with Crippen LogP contribution in [-0.4, -0.2) is 5.91 Å². The van der Waals surface area contributed by atoms with Crippen LogP contribution in [0.25, 0.3) is 0 Å². The van der Waals surface area contributed by atoms with Crippen molar-refractivity contribution in [1.29, 1.82) is 0 Å². The maximum Gasteiger partial charge on any atom is 0.221 e. The molecule has 0 aliphatic heterocycles. The highest BCUT2D eigenvalue weighted by molar-refractivity contribution is 5.76. The molecule has 21 heavy (non-hydrogen) atoms. The van der Waals surface area contributed by atoms with Gasteiger partial charge in [0, 0.05) is 12.2 Å². The number of nitrogens with one attached hydrogen (secondary N) is 1. The van der Waals surface area contributed by atoms with Gasteiger partial charge in [0.25, 0.3) is 0 Å². The molecule has 0 bridgehead atoms. The summed E-state index contributed by atoms with van der Waals surface area (Å²) < 4.78 is 0. The lowest BCUT2D eigenvalue weighted by molar-refractivity contribution is -0.117. The monoisotopic (exact) mass is 282 g/mol. The molecule has 0 aromatic heterocycles. The van der Waals surface area contributed by atoms with Gasteiger partial charge < -0.3 is 11.1 Å². The number of hydrogen-bond donors (Lipinski definition) is 2. The second kappa shape index (κ2) is 6.44. The lowest BCUT2D eigenvalue weighted by Gasteiger charge is -2.13. The average Bonchev–Trinajstić information content (AvgIpc) is 2.38. The van der Waals surface area contributed by atoms with E-state index in [1.165, 1.54) is 22.3 Å². The van der Waals surface area contributed by atoms with Gasteiger partial charge in [0.05, 0.1) is 6.42 Å². The molecule has 2 aromatic rings. The number of hydrogen-bond acceptors (Lipinski definition) is 2. The summed E-state index contributed by atoms with van der Waals surface area (Å²) in [5.74, 6) is -0.304. The van der Waals surface area contributed by atoms with E-state index < -0.39 is 0 Å². The van der Waals surface area contributed by atoms with Gasteiger partial charge in [-0.25, -0.2) is 0 Å². The van der Waals surface area contributed by atoms with E-state index in [0.29, 0.717) is 0 Å². The Hall–Kier alpha value is -2.29. The summed E-state index contributed by atoms with van der Waals surface area (Å²) in [5.41, 5.74) is 12.4. The Balaban J connectivity index is 2.05. The van der Waals surface area contributed by atoms with Crippen LogP contribution in [-0.2, 0) is 17.8 Å². The van der Waals surface area contributed by atoms with Crippen molar-refractivity contribution in [3.8, 4) is 0 Å². The van der Waals surface area contributed by atoms with E-state index in [1.807, 2.05) is 24.3 Å². The maximum atomic E-state index is 10.9. The summed E-state index contributed by atoms with van der Waals surface area (Å²) in [4.78, 5) is 10.9. The smallest absolute Gasteiger partial charge is 0.221 e. The minimum absolute atomic E-state index is 0.288. The molecule has 3 nitrogen and oxygen atoms in total. The fraction of sp³-hybridized carbons (Fsp3) is 0.278. The quantitative estimate of drug-likeness (QED) is 0.884. The minimum atomic E-state index is -0.304. The first-order valence-electron chi connectivity index (χ1n) is 7.13. The SMILES string of the molecule is Cc1cc(C)c(CNc2ccc(CC(N)=O)cc2)c(C)c1. The molecular formula is C18H22N2O. The van der Waals surface area contributed by atoms with Gasteiger partial charge >= 0.3 is 0 Å². The summed E-state index contributed by atoms with van der Waals surface area (Å²) >= 11 is 0. The predicted octanol–water partition coefficient (Wildman–Crippen LogP) is 3.25. The molecule has 0 spiro atoms. The summed E-state index contributed by atoms with van der Waals surface area (Å²) in [6.07, 6.45) is 0.288. The predicted molar refractivity (Wildman–Crippen MR) is 87.3 cm³/mol. The fourth-order valence-electron chi connectivity index (χ4n) is 2.62. The zero-order valence-corrected chi connectivity index (χ0v) is 12.9. The molecule has 0 saturated carbocycles. The van der Waals surface area contributed by atoms with Crippen LogP contribution in [0.5, 0.6) is 0 Å². The highest BCUT2D eigenvalue weighted by atomic mass is 16.1. The minimum Gasteiger partial charge on any atom is -0.381 e. The van der Waals surface area contributed by atoms with E-state index in [2.05, 4.69) is 38.2 Å². The zero-order chi connectivity index (χ0) is 15.4. The van der Waals surface area contributed by atoms with E-state index >= 15 is 0 Å². The molecule has 0 radical (unpaired) electrons. The van der Waals surface area contributed by atoms with Crippen LogP contribution in [0.2, 0.25) is 0 Å². The Bertz CT molecular complexity index is 622. The molecule has 3 N–H and O–H groups in total. The number of carbonyl (C=O) groups excluding carboxylic acids is 1. The molecule has 110 valence electrons. The van der Waals surface area contributed by atoms with Crippen molar-refractivity contribution in [3.63, 3.8) is 0 Å². The number of primary amides is 1. The van der Waals surface area contributed by atoms with Crippen molar-refractivity contribution >= 4 is 11.6 Å². The van der Waals surface area contributed by atoms with Gasteiger partial charge in [-0.1, -0.05) is 29.8 Å². The van der Waals surface area contributed by atoms with E-state index in [0.717, 1.165) is 17.8 Å². The molecule has 0 unspecified atom stereocenters. The number of benzene rings is 2. The van der Waals surface area contributed by atoms with Crippen LogP contribution in [0.4, 0.5) is 5.69 Å². The third kappa shape index (κ3) is 4.09. The number of rotatable bonds is 5. The van der Waals surface area contributed by atoms with Crippen LogP contribution in [0.15, 0.2) is 36.4 Å². The number of amides is 1. The van der Waals surface area contributed by atoms with E-state index in [-0.39, 0.29) is 12.3 Å². The highest BCUT2D eigenvalue weighted by Gasteiger charge is 2.04. The van der Waals surface area contributed by atoms with Crippen molar-refractivity contribution in [2.45, 2.75) is 33.7 Å². The molecule has 0 aliphatic rings. The van der Waals surface area contributed by atoms with Gasteiger partial charge in [0.15, 0.2) is 0 Å². The first kappa shape index (κ1) is 15.1. The average molecular weight is 282 g/mol. The topological polar surface area (TPSA) is 55.1 Å². The van der Waals surface area contributed by atoms with Gasteiger partial charge in [-0.15, -0.1) is 0 Å². The molecule has 0 heterocycles. The van der Waals surface area contributed by atoms with Gasteiger partial charge in [-0.05, 0) is 55.2 Å². The van der Waals surface area contributed by atoms with Crippen molar-refractivity contribution in [2.75, 3.05) is 5.32 Å². The molecular weight excluding hydrogens is 260 g/mol. The van der Waals surface area contributed by atoms with Crippen LogP contribution in [0, 0.1) is 20.8 Å². The first-order valence-corrected chi connectivity index (χ1v) is 7.13. The van der Waals surface area contributed by atoms with Crippen molar-refractivity contribution in [3.05, 3.63) is 64.2 Å². The highest BCUT2D eigenvalue weighted by Crippen LogP contribution is 2.18. The summed E-state index contributed by atoms with van der Waals surface area (Å²) in [6, 6.07) is 12.2. The largest absolute Gasteiger partial charge is 0.381 e. The normalized spacial score (nSPS) is 10.4. The van der Waals surface area contributed by atoms with Crippen LogP contribution in [0.1, 0.15) is 27.8 Å². The Morgan fingerprint density at radius 1 is 1.05 bits per heavy atom. The summed E-state index contributed by atoms with van der Waals surface area (Å²) in [6.45, 7) is 7.21. The summed E-state index contributed by atoms with van der Waals surface area (Å²) in [5, 5.41) is 3.43. The number of carbonyl (C=O) groups is 1. The number of nitrogens with two attached hydrogens (primary N) is 1. The van der Waals surface area contributed by atoms with Crippen molar-refractivity contribution in [2.24, 2.45) is 5.73 Å². The van der Waals surface area contributed by atoms with Gasteiger partial charge in [-0.3, -0.25) is 4.79 Å². The number of aryl methyl sites for hydroxylation is 3. The van der Waals surface area contributed by atoms with Crippen molar-refractivity contribution < 1.29 is 4.79 Å². The Labute approximate surface area is 126 Å². The van der Waals surface area contributed by atoms with Gasteiger partial charge in [0.2, 0.25) is 5.91 Å². The fourth-order valence-corrected chi connectivity index (χ4v) is 2.62. The lowest BCUT2D eigenvalue weighted by atomic mass is 10.00. The molecule has 0 aliphatic carbocycles. The van der Waals surface area contributed by atoms with Gasteiger partial charge in [0.1, 0.15) is 0 Å². The van der Waals surface area contributed by atoms with Crippen LogP contribution < -0.4 is 11.1 Å². The second-order valence-electron chi connectivity index (χ2n) is 5.57. The molecule has 3 heteroatoms. The third-order valence-corrected chi connectivity index (χ3v) is 3.64. The zero-order valence-electron chi connectivity index (χ0n) is 12.9. The Morgan fingerprint density at radius 3 is 2.14 bits per heavy atom. The third-order valence-electron chi connectivity index (χ3n) is 3.64. The maximum absolute atomic E-state index is 10.9. The Kier molecular flexibility index (Phi) is 4.63. The van der Waals surface area contributed by atoms with Gasteiger partial charge in [-0.2, -0.15) is 0 Å². The summed E-state index contributed by atoms with van der Waals surface area (Å²) in [7, 11) is 0. The van der Waals surface area contributed by atoms with Crippen molar-refractivity contribution in [1.82, 2.24) is 0 Å². The lowest BCUT2D eigenvalue weighted by Crippen LogP contribution is -2.13. The number of anilines is 1. The molecule has 2 rings (SSSR count). The first-order chi connectivity index (χ1) is 9.95. The van der Waals surface area contributed by atoms with E-state index in [4.69, 9.17) is 5.73 Å². The molecule has 2 aromatic carbocycles. The molecule has 0 saturated heterocycles. The van der Waals surface area contributed by atoms with E-state index in [9.17, 15) is 4.79 Å².